The molecule has 0 amide bonds. The van der Waals surface area contributed by atoms with E-state index in [1.165, 1.54) is 0 Å². The van der Waals surface area contributed by atoms with E-state index in [4.69, 9.17) is 0 Å². The van der Waals surface area contributed by atoms with Crippen LogP contribution < -0.4 is 0 Å². The Morgan fingerprint density at radius 3 is 1.42 bits per heavy atom. The first-order valence-corrected chi connectivity index (χ1v) is 5.91. The summed E-state index contributed by atoms with van der Waals surface area (Å²) in [7, 11) is 0. The average molecular weight is 418 g/mol. The van der Waals surface area contributed by atoms with Gasteiger partial charge in [-0.15, -0.1) is 0 Å². The highest BCUT2D eigenvalue weighted by Crippen LogP contribution is 2.60. The van der Waals surface area contributed by atoms with Gasteiger partial charge in [-0.05, 0) is 6.92 Å². The van der Waals surface area contributed by atoms with Crippen LogP contribution in [0, 0.1) is 0 Å². The summed E-state index contributed by atoms with van der Waals surface area (Å²) in [5.41, 5.74) is 0. The Morgan fingerprint density at radius 2 is 1.12 bits per heavy atom. The molecular formula is C11H7F13O2. The summed E-state index contributed by atoms with van der Waals surface area (Å²) in [5.74, 6) is -39.6. The number of hydrogen-bond acceptors (Lipinski definition) is 2. The lowest BCUT2D eigenvalue weighted by molar-refractivity contribution is -0.443. The summed E-state index contributed by atoms with van der Waals surface area (Å²) in [5, 5.41) is 0. The van der Waals surface area contributed by atoms with Crippen LogP contribution in [0.4, 0.5) is 57.1 Å². The van der Waals surface area contributed by atoms with Crippen LogP contribution in [0.25, 0.3) is 0 Å². The fourth-order valence-electron chi connectivity index (χ4n) is 1.33. The van der Waals surface area contributed by atoms with Crippen LogP contribution in [-0.2, 0) is 9.53 Å². The molecule has 0 spiro atoms. The molecule has 0 radical (unpaired) electrons. The molecule has 0 aromatic heterocycles. The third-order valence-electron chi connectivity index (χ3n) is 2.93. The zero-order valence-electron chi connectivity index (χ0n) is 12.1. The van der Waals surface area contributed by atoms with Gasteiger partial charge in [0.05, 0.1) is 0 Å². The van der Waals surface area contributed by atoms with Crippen molar-refractivity contribution < 1.29 is 66.6 Å². The van der Waals surface area contributed by atoms with Crippen molar-refractivity contribution in [2.75, 3.05) is 0 Å². The number of hydrogen-bond donors (Lipinski definition) is 0. The van der Waals surface area contributed by atoms with Crippen LogP contribution >= 0.6 is 0 Å². The molecule has 1 atom stereocenters. The molecule has 0 N–H and O–H groups in total. The number of ether oxygens (including phenoxy) is 1. The molecule has 0 aliphatic rings. The number of rotatable bonds is 7. The molecule has 0 rings (SSSR count). The maximum absolute atomic E-state index is 13.4. The van der Waals surface area contributed by atoms with Gasteiger partial charge >= 0.3 is 41.8 Å². The Morgan fingerprint density at radius 1 is 0.769 bits per heavy atom. The highest BCUT2D eigenvalue weighted by atomic mass is 19.4. The topological polar surface area (TPSA) is 26.3 Å². The predicted octanol–water partition coefficient (Wildman–Crippen LogP) is 4.84. The third-order valence-corrected chi connectivity index (χ3v) is 2.93. The number of esters is 1. The van der Waals surface area contributed by atoms with Crippen LogP contribution in [0.15, 0.2) is 12.7 Å². The van der Waals surface area contributed by atoms with Crippen molar-refractivity contribution in [3.8, 4) is 0 Å². The molecule has 0 bridgehead atoms. The molecule has 0 aromatic rings. The molecular weight excluding hydrogens is 411 g/mol. The van der Waals surface area contributed by atoms with E-state index in [2.05, 4.69) is 11.3 Å². The van der Waals surface area contributed by atoms with Gasteiger partial charge in [0.15, 0.2) is 6.10 Å². The first-order chi connectivity index (χ1) is 11.1. The number of carbonyl (C=O) groups excluding carboxylic acids is 1. The van der Waals surface area contributed by atoms with Gasteiger partial charge in [0.2, 0.25) is 0 Å². The fourth-order valence-corrected chi connectivity index (χ4v) is 1.33. The van der Waals surface area contributed by atoms with E-state index >= 15 is 0 Å². The molecule has 2 nitrogen and oxygen atoms in total. The SMILES string of the molecule is C=CC(=O)OC(C)C(F)(F)C(F)(F)C(F)(F)C(F)(F)C(F)(F)C(F)(F)F. The molecule has 0 heterocycles. The molecule has 0 saturated carbocycles. The summed E-state index contributed by atoms with van der Waals surface area (Å²) >= 11 is 0. The highest BCUT2D eigenvalue weighted by molar-refractivity contribution is 5.81. The van der Waals surface area contributed by atoms with Gasteiger partial charge in [-0.2, -0.15) is 57.1 Å². The monoisotopic (exact) mass is 418 g/mol. The lowest BCUT2D eigenvalue weighted by Crippen LogP contribution is -2.71. The molecule has 0 aliphatic carbocycles. The van der Waals surface area contributed by atoms with E-state index in [9.17, 15) is 61.9 Å². The summed E-state index contributed by atoms with van der Waals surface area (Å²) in [6.45, 7) is 2.39. The normalized spacial score (nSPS) is 16.2. The van der Waals surface area contributed by atoms with Crippen LogP contribution in [-0.4, -0.2) is 47.9 Å². The fraction of sp³-hybridized carbons (Fsp3) is 0.727. The van der Waals surface area contributed by atoms with Gasteiger partial charge in [0.25, 0.3) is 0 Å². The van der Waals surface area contributed by atoms with E-state index in [0.29, 0.717) is 0 Å². The number of carbonyl (C=O) groups is 1. The summed E-state index contributed by atoms with van der Waals surface area (Å²) < 4.78 is 170. The van der Waals surface area contributed by atoms with Crippen molar-refractivity contribution in [3.05, 3.63) is 12.7 Å². The Bertz CT molecular complexity index is 549. The van der Waals surface area contributed by atoms with Gasteiger partial charge < -0.3 is 4.74 Å². The zero-order chi connectivity index (χ0) is 21.6. The Labute approximate surface area is 135 Å². The van der Waals surface area contributed by atoms with E-state index in [1.54, 1.807) is 0 Å². The maximum Gasteiger partial charge on any atom is 0.460 e. The van der Waals surface area contributed by atoms with Crippen LogP contribution in [0.5, 0.6) is 0 Å². The Hall–Kier alpha value is -1.70. The third kappa shape index (κ3) is 3.31. The van der Waals surface area contributed by atoms with Crippen LogP contribution in [0.1, 0.15) is 6.92 Å². The first-order valence-electron chi connectivity index (χ1n) is 5.91. The van der Waals surface area contributed by atoms with Gasteiger partial charge in [0.1, 0.15) is 0 Å². The lowest BCUT2D eigenvalue weighted by Gasteiger charge is -2.40. The zero-order valence-corrected chi connectivity index (χ0v) is 12.1. The molecule has 0 aliphatic heterocycles. The molecule has 15 heteroatoms. The second kappa shape index (κ2) is 6.48. The van der Waals surface area contributed by atoms with Crippen molar-refractivity contribution in [2.24, 2.45) is 0 Å². The first kappa shape index (κ1) is 24.3. The van der Waals surface area contributed by atoms with E-state index in [-0.39, 0.29) is 13.0 Å². The molecule has 1 unspecified atom stereocenters. The minimum atomic E-state index is -7.99. The maximum atomic E-state index is 13.4. The smallest absolute Gasteiger partial charge is 0.453 e. The summed E-state index contributed by atoms with van der Waals surface area (Å²) in [6, 6.07) is 0. The second-order valence-electron chi connectivity index (χ2n) is 4.70. The minimum absolute atomic E-state index is 0.0648. The minimum Gasteiger partial charge on any atom is -0.453 e. The summed E-state index contributed by atoms with van der Waals surface area (Å²) in [6.07, 6.45) is -11.1. The number of halogens is 13. The van der Waals surface area contributed by atoms with Gasteiger partial charge in [-0.3, -0.25) is 0 Å². The van der Waals surface area contributed by atoms with Crippen molar-refractivity contribution in [3.63, 3.8) is 0 Å². The predicted molar refractivity (Wildman–Crippen MR) is 56.5 cm³/mol. The van der Waals surface area contributed by atoms with Crippen molar-refractivity contribution in [2.45, 2.75) is 48.8 Å². The van der Waals surface area contributed by atoms with Crippen LogP contribution in [0.2, 0.25) is 0 Å². The highest BCUT2D eigenvalue weighted by Gasteiger charge is 2.91. The summed E-state index contributed by atoms with van der Waals surface area (Å²) in [4.78, 5) is 10.6. The van der Waals surface area contributed by atoms with Gasteiger partial charge in [-0.25, -0.2) is 4.79 Å². The molecule has 0 fully saturated rings. The second-order valence-corrected chi connectivity index (χ2v) is 4.70. The molecule has 0 aromatic carbocycles. The van der Waals surface area contributed by atoms with E-state index in [1.807, 2.05) is 0 Å². The van der Waals surface area contributed by atoms with E-state index < -0.39 is 47.9 Å². The Kier molecular flexibility index (Phi) is 6.05. The number of alkyl halides is 13. The molecule has 26 heavy (non-hydrogen) atoms. The van der Waals surface area contributed by atoms with Crippen LogP contribution in [0.3, 0.4) is 0 Å². The lowest BCUT2D eigenvalue weighted by atomic mass is 9.92. The van der Waals surface area contributed by atoms with Crippen molar-refractivity contribution in [1.29, 1.82) is 0 Å². The molecule has 0 saturated heterocycles. The van der Waals surface area contributed by atoms with Crippen molar-refractivity contribution >= 4 is 5.97 Å². The van der Waals surface area contributed by atoms with Gasteiger partial charge in [0, 0.05) is 6.08 Å². The van der Waals surface area contributed by atoms with E-state index in [0.717, 1.165) is 0 Å². The van der Waals surface area contributed by atoms with Crippen molar-refractivity contribution in [1.82, 2.24) is 0 Å². The van der Waals surface area contributed by atoms with Gasteiger partial charge in [-0.1, -0.05) is 6.58 Å². The average Bonchev–Trinajstić information content (AvgIpc) is 2.44. The molecule has 154 valence electrons. The quantitative estimate of drug-likeness (QED) is 0.336. The largest absolute Gasteiger partial charge is 0.460 e. The Balaban J connectivity index is 6.23. The standard InChI is InChI=1S/C11H7F13O2/c1-3-5(25)26-4(2)6(12,13)7(14,15)8(16,17)9(18,19)10(20,21)11(22,23)24/h3-4H,1H2,2H3.